The highest BCUT2D eigenvalue weighted by Gasteiger charge is 2.05. The highest BCUT2D eigenvalue weighted by molar-refractivity contribution is 6.19. The average Bonchev–Trinajstić information content (AvgIpc) is 2.02. The minimum atomic E-state index is -0.768. The molecule has 0 aliphatic rings. The molecule has 0 aliphatic heterocycles. The summed E-state index contributed by atoms with van der Waals surface area (Å²) in [4.78, 5) is 0. The van der Waals surface area contributed by atoms with E-state index in [1.54, 1.807) is 0 Å². The van der Waals surface area contributed by atoms with Crippen LogP contribution in [-0.4, -0.2) is 5.88 Å². The Labute approximate surface area is 79.5 Å². The van der Waals surface area contributed by atoms with Gasteiger partial charge in [-0.15, -0.1) is 11.6 Å². The van der Waals surface area contributed by atoms with E-state index in [-0.39, 0.29) is 17.1 Å². The third kappa shape index (κ3) is 2.33. The Kier molecular flexibility index (Phi) is 3.10. The quantitative estimate of drug-likeness (QED) is 0.389. The van der Waals surface area contributed by atoms with Crippen molar-refractivity contribution in [3.05, 3.63) is 29.3 Å². The summed E-state index contributed by atoms with van der Waals surface area (Å²) in [5.41, 5.74) is 5.31. The van der Waals surface area contributed by atoms with E-state index in [2.05, 4.69) is 11.8 Å². The van der Waals surface area contributed by atoms with Crippen molar-refractivity contribution in [1.29, 1.82) is 0 Å². The Balaban J connectivity index is 3.21. The van der Waals surface area contributed by atoms with Gasteiger partial charge < -0.3 is 5.73 Å². The van der Waals surface area contributed by atoms with Crippen molar-refractivity contribution < 1.29 is 8.78 Å². The molecule has 1 aromatic carbocycles. The van der Waals surface area contributed by atoms with Crippen LogP contribution < -0.4 is 5.73 Å². The van der Waals surface area contributed by atoms with E-state index in [0.717, 1.165) is 12.1 Å². The molecule has 0 amide bonds. The fourth-order valence-corrected chi connectivity index (χ4v) is 0.914. The summed E-state index contributed by atoms with van der Waals surface area (Å²) in [5.74, 6) is 3.44. The normalized spacial score (nSPS) is 9.15. The van der Waals surface area contributed by atoms with Crippen LogP contribution in [0, 0.1) is 23.5 Å². The molecule has 1 rings (SSSR count). The summed E-state index contributed by atoms with van der Waals surface area (Å²) in [6, 6.07) is 1.75. The second-order valence-electron chi connectivity index (χ2n) is 2.29. The van der Waals surface area contributed by atoms with Crippen LogP contribution in [0.1, 0.15) is 5.56 Å². The van der Waals surface area contributed by atoms with Gasteiger partial charge in [0.25, 0.3) is 0 Å². The zero-order valence-corrected chi connectivity index (χ0v) is 7.33. The van der Waals surface area contributed by atoms with Crippen LogP contribution in [-0.2, 0) is 0 Å². The third-order valence-electron chi connectivity index (χ3n) is 1.37. The van der Waals surface area contributed by atoms with Gasteiger partial charge in [-0.3, -0.25) is 0 Å². The summed E-state index contributed by atoms with van der Waals surface area (Å²) in [6.45, 7) is 0. The molecule has 0 aliphatic carbocycles. The minimum absolute atomic E-state index is 0.0120. The van der Waals surface area contributed by atoms with Crippen LogP contribution in [0.15, 0.2) is 12.1 Å². The van der Waals surface area contributed by atoms with Gasteiger partial charge in [0.1, 0.15) is 11.6 Å². The van der Waals surface area contributed by atoms with Crippen molar-refractivity contribution in [2.24, 2.45) is 0 Å². The molecule has 0 bridgehead atoms. The number of alkyl halides is 1. The van der Waals surface area contributed by atoms with Crippen molar-refractivity contribution in [3.8, 4) is 11.8 Å². The van der Waals surface area contributed by atoms with E-state index < -0.39 is 11.6 Å². The first-order valence-electron chi connectivity index (χ1n) is 3.44. The summed E-state index contributed by atoms with van der Waals surface area (Å²) in [5, 5.41) is 0. The van der Waals surface area contributed by atoms with E-state index in [9.17, 15) is 8.78 Å². The lowest BCUT2D eigenvalue weighted by molar-refractivity contribution is 0.582. The number of nitrogen functional groups attached to an aromatic ring is 1. The van der Waals surface area contributed by atoms with E-state index >= 15 is 0 Å². The van der Waals surface area contributed by atoms with E-state index in [1.807, 2.05) is 0 Å². The second kappa shape index (κ2) is 4.11. The van der Waals surface area contributed by atoms with Crippen LogP contribution in [0.25, 0.3) is 0 Å². The SMILES string of the molecule is Nc1cc(F)cc(F)c1C#CCCl. The van der Waals surface area contributed by atoms with E-state index in [4.69, 9.17) is 17.3 Å². The van der Waals surface area contributed by atoms with Crippen molar-refractivity contribution >= 4 is 17.3 Å². The van der Waals surface area contributed by atoms with Gasteiger partial charge in [0.05, 0.1) is 17.1 Å². The fourth-order valence-electron chi connectivity index (χ4n) is 0.847. The highest BCUT2D eigenvalue weighted by atomic mass is 35.5. The van der Waals surface area contributed by atoms with Gasteiger partial charge in [-0.05, 0) is 6.07 Å². The molecule has 0 unspecified atom stereocenters. The van der Waals surface area contributed by atoms with Crippen molar-refractivity contribution in [2.45, 2.75) is 0 Å². The van der Waals surface area contributed by atoms with Crippen LogP contribution in [0.2, 0.25) is 0 Å². The molecule has 1 nitrogen and oxygen atoms in total. The molecule has 4 heteroatoms. The first-order valence-corrected chi connectivity index (χ1v) is 3.98. The third-order valence-corrected chi connectivity index (χ3v) is 1.50. The van der Waals surface area contributed by atoms with E-state index in [0.29, 0.717) is 0 Å². The molecule has 0 spiro atoms. The van der Waals surface area contributed by atoms with Gasteiger partial charge in [0, 0.05) is 6.07 Å². The summed E-state index contributed by atoms with van der Waals surface area (Å²) >= 11 is 5.28. The maximum Gasteiger partial charge on any atom is 0.143 e. The molecular weight excluding hydrogens is 196 g/mol. The Bertz CT molecular complexity index is 356. The predicted molar refractivity (Wildman–Crippen MR) is 48.4 cm³/mol. The number of anilines is 1. The number of hydrogen-bond donors (Lipinski definition) is 1. The zero-order valence-electron chi connectivity index (χ0n) is 6.57. The molecule has 0 fully saturated rings. The molecule has 0 saturated carbocycles. The van der Waals surface area contributed by atoms with E-state index in [1.165, 1.54) is 0 Å². The number of benzene rings is 1. The van der Waals surface area contributed by atoms with Gasteiger partial charge in [-0.25, -0.2) is 8.78 Å². The average molecular weight is 202 g/mol. The molecule has 0 aromatic heterocycles. The number of rotatable bonds is 0. The fraction of sp³-hybridized carbons (Fsp3) is 0.111. The summed E-state index contributed by atoms with van der Waals surface area (Å²) < 4.78 is 25.5. The van der Waals surface area contributed by atoms with Gasteiger partial charge >= 0.3 is 0 Å². The second-order valence-corrected chi connectivity index (χ2v) is 2.55. The largest absolute Gasteiger partial charge is 0.398 e. The van der Waals surface area contributed by atoms with Crippen LogP contribution in [0.4, 0.5) is 14.5 Å². The maximum absolute atomic E-state index is 13.0. The topological polar surface area (TPSA) is 26.0 Å². The van der Waals surface area contributed by atoms with Crippen molar-refractivity contribution in [1.82, 2.24) is 0 Å². The number of halogens is 3. The van der Waals surface area contributed by atoms with Crippen molar-refractivity contribution in [3.63, 3.8) is 0 Å². The van der Waals surface area contributed by atoms with Gasteiger partial charge in [-0.1, -0.05) is 11.8 Å². The molecule has 0 saturated heterocycles. The smallest absolute Gasteiger partial charge is 0.143 e. The molecular formula is C9H6ClF2N. The van der Waals surface area contributed by atoms with Gasteiger partial charge in [0.15, 0.2) is 0 Å². The molecule has 0 atom stereocenters. The Hall–Kier alpha value is -1.27. The van der Waals surface area contributed by atoms with Crippen LogP contribution in [0.3, 0.4) is 0 Å². The standard InChI is InChI=1S/C9H6ClF2N/c10-3-1-2-7-8(12)4-6(11)5-9(7)13/h4-5H,3,13H2. The maximum atomic E-state index is 13.0. The van der Waals surface area contributed by atoms with Gasteiger partial charge in [-0.2, -0.15) is 0 Å². The molecule has 13 heavy (non-hydrogen) atoms. The van der Waals surface area contributed by atoms with Gasteiger partial charge in [0.2, 0.25) is 0 Å². The Morgan fingerprint density at radius 2 is 2.08 bits per heavy atom. The molecule has 0 radical (unpaired) electrons. The first-order chi connectivity index (χ1) is 6.15. The number of hydrogen-bond acceptors (Lipinski definition) is 1. The molecule has 0 heterocycles. The minimum Gasteiger partial charge on any atom is -0.398 e. The summed E-state index contributed by atoms with van der Waals surface area (Å²) in [6.07, 6.45) is 0. The monoisotopic (exact) mass is 201 g/mol. The molecule has 2 N–H and O–H groups in total. The van der Waals surface area contributed by atoms with Crippen molar-refractivity contribution in [2.75, 3.05) is 11.6 Å². The molecule has 68 valence electrons. The highest BCUT2D eigenvalue weighted by Crippen LogP contribution is 2.16. The first kappa shape index (κ1) is 9.82. The summed E-state index contributed by atoms with van der Waals surface area (Å²) in [7, 11) is 0. The lowest BCUT2D eigenvalue weighted by Gasteiger charge is -1.99. The Morgan fingerprint density at radius 3 is 2.62 bits per heavy atom. The van der Waals surface area contributed by atoms with Crippen LogP contribution >= 0.6 is 11.6 Å². The lowest BCUT2D eigenvalue weighted by Crippen LogP contribution is -1.95. The lowest BCUT2D eigenvalue weighted by atomic mass is 10.1. The zero-order chi connectivity index (χ0) is 9.84. The van der Waals surface area contributed by atoms with Crippen LogP contribution in [0.5, 0.6) is 0 Å². The Morgan fingerprint density at radius 1 is 1.38 bits per heavy atom. The molecule has 1 aromatic rings. The number of nitrogens with two attached hydrogens (primary N) is 1. The predicted octanol–water partition coefficient (Wildman–Crippen LogP) is 2.14.